The second-order valence-electron chi connectivity index (χ2n) is 9.23. The Labute approximate surface area is 215 Å². The highest BCUT2D eigenvalue weighted by Gasteiger charge is 2.55. The monoisotopic (exact) mass is 506 g/mol. The van der Waals surface area contributed by atoms with E-state index in [9.17, 15) is 9.59 Å². The van der Waals surface area contributed by atoms with Gasteiger partial charge in [0.25, 0.3) is 0 Å². The van der Waals surface area contributed by atoms with Gasteiger partial charge in [0.05, 0.1) is 28.5 Å². The minimum Gasteiger partial charge on any atom is -0.501 e. The van der Waals surface area contributed by atoms with Crippen molar-refractivity contribution in [2.75, 3.05) is 20.3 Å². The van der Waals surface area contributed by atoms with E-state index in [2.05, 4.69) is 30.3 Å². The Kier molecular flexibility index (Phi) is 9.12. The van der Waals surface area contributed by atoms with Gasteiger partial charge in [0, 0.05) is 22.9 Å². The number of hydrogen-bond acceptors (Lipinski definition) is 5. The number of carbonyl (C=O) groups excluding carboxylic acids is 2. The molecule has 0 saturated heterocycles. The fraction of sp³-hybridized carbons (Fsp3) is 0.400. The Morgan fingerprint density at radius 1 is 1.00 bits per heavy atom. The maximum absolute atomic E-state index is 13.3. The molecule has 2 aromatic rings. The van der Waals surface area contributed by atoms with E-state index < -0.39 is 19.5 Å². The van der Waals surface area contributed by atoms with Gasteiger partial charge < -0.3 is 14.0 Å². The quantitative estimate of drug-likeness (QED) is 0.238. The van der Waals surface area contributed by atoms with Crippen LogP contribution in [0, 0.1) is 11.3 Å². The predicted molar refractivity (Wildman–Crippen MR) is 143 cm³/mol. The molecular weight excluding hydrogens is 471 g/mol. The number of methoxy groups -OCH3 is 1. The number of allylic oxidation sites excluding steroid dienone is 3. The summed E-state index contributed by atoms with van der Waals surface area (Å²) in [6, 6.07) is 20.6. The Morgan fingerprint density at radius 3 is 2.25 bits per heavy atom. The van der Waals surface area contributed by atoms with E-state index in [-0.39, 0.29) is 18.3 Å². The van der Waals surface area contributed by atoms with Crippen molar-refractivity contribution in [3.05, 3.63) is 84.1 Å². The van der Waals surface area contributed by atoms with Crippen molar-refractivity contribution in [1.29, 1.82) is 0 Å². The largest absolute Gasteiger partial charge is 0.501 e. The molecule has 1 fully saturated rings. The summed E-state index contributed by atoms with van der Waals surface area (Å²) in [6.45, 7) is 2.59. The lowest BCUT2D eigenvalue weighted by molar-refractivity contribution is -0.166. The van der Waals surface area contributed by atoms with Crippen molar-refractivity contribution in [3.8, 4) is 0 Å². The van der Waals surface area contributed by atoms with Crippen molar-refractivity contribution in [2.24, 2.45) is 11.3 Å². The molecule has 36 heavy (non-hydrogen) atoms. The molecule has 0 radical (unpaired) electrons. The molecule has 2 unspecified atom stereocenters. The maximum Gasteiger partial charge on any atom is 0.320 e. The van der Waals surface area contributed by atoms with Crippen LogP contribution in [-0.4, -0.2) is 32.1 Å². The molecule has 2 aromatic carbocycles. The Hall–Kier alpha value is -2.75. The Morgan fingerprint density at radius 2 is 1.67 bits per heavy atom. The first kappa shape index (κ1) is 26.3. The average Bonchev–Trinajstić information content (AvgIpc) is 2.92. The fourth-order valence-electron chi connectivity index (χ4n) is 5.29. The summed E-state index contributed by atoms with van der Waals surface area (Å²) in [4.78, 5) is 26.5. The third-order valence-electron chi connectivity index (χ3n) is 7.11. The second kappa shape index (κ2) is 12.5. The van der Waals surface area contributed by atoms with Crippen LogP contribution in [0.4, 0.5) is 0 Å². The molecule has 2 aliphatic rings. The van der Waals surface area contributed by atoms with Gasteiger partial charge in [0.2, 0.25) is 0 Å². The zero-order valence-corrected chi connectivity index (χ0v) is 22.0. The molecule has 2 aliphatic carbocycles. The third-order valence-corrected chi connectivity index (χ3v) is 9.09. The predicted octanol–water partition coefficient (Wildman–Crippen LogP) is 5.61. The molecule has 1 saturated carbocycles. The summed E-state index contributed by atoms with van der Waals surface area (Å²) < 4.78 is 17.7. The van der Waals surface area contributed by atoms with Crippen molar-refractivity contribution >= 4 is 30.5 Å². The summed E-state index contributed by atoms with van der Waals surface area (Å²) >= 11 is 0. The fourth-order valence-corrected chi connectivity index (χ4v) is 7.05. The van der Waals surface area contributed by atoms with Crippen molar-refractivity contribution in [1.82, 2.24) is 0 Å². The molecule has 0 aliphatic heterocycles. The average molecular weight is 507 g/mol. The van der Waals surface area contributed by atoms with E-state index in [1.807, 2.05) is 42.5 Å². The van der Waals surface area contributed by atoms with E-state index in [1.54, 1.807) is 14.0 Å². The first-order valence-corrected chi connectivity index (χ1v) is 14.0. The summed E-state index contributed by atoms with van der Waals surface area (Å²) in [5.41, 5.74) is -0.0177. The van der Waals surface area contributed by atoms with E-state index in [0.717, 1.165) is 24.8 Å². The van der Waals surface area contributed by atoms with Crippen LogP contribution in [0.15, 0.2) is 84.1 Å². The molecule has 0 spiro atoms. The van der Waals surface area contributed by atoms with Gasteiger partial charge in [-0.25, -0.2) is 0 Å². The smallest absolute Gasteiger partial charge is 0.320 e. The zero-order valence-electron chi connectivity index (χ0n) is 21.2. The molecule has 2 atom stereocenters. The van der Waals surface area contributed by atoms with Gasteiger partial charge in [0.1, 0.15) is 11.2 Å². The van der Waals surface area contributed by atoms with E-state index in [0.29, 0.717) is 31.6 Å². The summed E-state index contributed by atoms with van der Waals surface area (Å²) in [5.74, 6) is -0.0935. The first-order valence-electron chi connectivity index (χ1n) is 12.8. The molecule has 4 rings (SSSR count). The minimum atomic E-state index is -1.17. The van der Waals surface area contributed by atoms with Gasteiger partial charge in [-0.3, -0.25) is 9.59 Å². The lowest BCUT2D eigenvalue weighted by Crippen LogP contribution is -2.50. The standard InChI is InChI=1S/C30H35O5P/c1-3-34-29(32)30(20-11-10-16-28(30)31)26-22-23(17-18-27(26)33-2)19-21-35-36(24-12-6-4-7-13-24)25-14-8-5-9-15-25/h4-9,12-15,17-18,26H,3,10-11,16,19-22H2,1-2H3. The highest BCUT2D eigenvalue weighted by molar-refractivity contribution is 7.68. The van der Waals surface area contributed by atoms with E-state index in [1.165, 1.54) is 10.6 Å². The van der Waals surface area contributed by atoms with Crippen LogP contribution in [0.2, 0.25) is 0 Å². The number of Topliss-reactive ketones (excluding diaryl/α,β-unsaturated/α-hetero) is 1. The Bertz CT molecular complexity index is 1060. The zero-order chi connectivity index (χ0) is 25.4. The lowest BCUT2D eigenvalue weighted by Gasteiger charge is -2.41. The number of hydrogen-bond donors (Lipinski definition) is 0. The van der Waals surface area contributed by atoms with Crippen LogP contribution in [0.5, 0.6) is 0 Å². The van der Waals surface area contributed by atoms with Gasteiger partial charge in [-0.2, -0.15) is 0 Å². The molecule has 5 nitrogen and oxygen atoms in total. The van der Waals surface area contributed by atoms with Crippen LogP contribution in [0.1, 0.15) is 45.4 Å². The summed E-state index contributed by atoms with van der Waals surface area (Å²) in [5, 5.41) is 2.34. The van der Waals surface area contributed by atoms with Gasteiger partial charge in [-0.15, -0.1) is 0 Å². The van der Waals surface area contributed by atoms with Gasteiger partial charge >= 0.3 is 5.97 Å². The lowest BCUT2D eigenvalue weighted by atomic mass is 9.61. The second-order valence-corrected chi connectivity index (χ2v) is 11.1. The number of esters is 1. The van der Waals surface area contributed by atoms with Crippen LogP contribution >= 0.6 is 8.15 Å². The summed E-state index contributed by atoms with van der Waals surface area (Å²) in [6.07, 6.45) is 7.84. The minimum absolute atomic E-state index is 0.0191. The highest BCUT2D eigenvalue weighted by atomic mass is 31.1. The van der Waals surface area contributed by atoms with E-state index in [4.69, 9.17) is 14.0 Å². The molecule has 0 amide bonds. The van der Waals surface area contributed by atoms with Gasteiger partial charge in [-0.1, -0.05) is 78.7 Å². The normalized spacial score (nSPS) is 22.1. The Balaban J connectivity index is 1.51. The number of benzene rings is 2. The molecule has 0 aromatic heterocycles. The number of ketones is 1. The molecule has 0 heterocycles. The molecule has 190 valence electrons. The van der Waals surface area contributed by atoms with Crippen LogP contribution in [0.25, 0.3) is 0 Å². The number of carbonyl (C=O) groups is 2. The van der Waals surface area contributed by atoms with Crippen LogP contribution in [-0.2, 0) is 23.6 Å². The van der Waals surface area contributed by atoms with Crippen LogP contribution < -0.4 is 10.6 Å². The SMILES string of the molecule is CCOC(=O)C1(C2CC(CCOP(c3ccccc3)c3ccccc3)=CC=C2OC)CCCCC1=O. The first-order chi connectivity index (χ1) is 17.6. The summed E-state index contributed by atoms with van der Waals surface area (Å²) in [7, 11) is 0.670. The highest BCUT2D eigenvalue weighted by Crippen LogP contribution is 2.49. The number of ether oxygens (including phenoxy) is 2. The van der Waals surface area contributed by atoms with E-state index >= 15 is 0 Å². The van der Waals surface area contributed by atoms with Crippen molar-refractivity contribution in [2.45, 2.75) is 45.4 Å². The molecular formula is C30H35O5P. The molecule has 6 heteroatoms. The molecule has 0 bridgehead atoms. The molecule has 0 N–H and O–H groups in total. The van der Waals surface area contributed by atoms with Crippen LogP contribution in [0.3, 0.4) is 0 Å². The maximum atomic E-state index is 13.3. The van der Waals surface area contributed by atoms with Gasteiger partial charge in [-0.05, 0) is 38.7 Å². The third kappa shape index (κ3) is 5.63. The van der Waals surface area contributed by atoms with Crippen molar-refractivity contribution in [3.63, 3.8) is 0 Å². The van der Waals surface area contributed by atoms with Crippen molar-refractivity contribution < 1.29 is 23.6 Å². The topological polar surface area (TPSA) is 61.8 Å². The number of rotatable bonds is 10. The van der Waals surface area contributed by atoms with Gasteiger partial charge in [0.15, 0.2) is 5.78 Å².